The van der Waals surface area contributed by atoms with Crippen molar-refractivity contribution in [2.75, 3.05) is 30.3 Å². The van der Waals surface area contributed by atoms with E-state index in [1.54, 1.807) is 6.92 Å². The number of benzene rings is 2. The van der Waals surface area contributed by atoms with Crippen LogP contribution in [0, 0.1) is 11.6 Å². The van der Waals surface area contributed by atoms with Crippen LogP contribution in [0.15, 0.2) is 47.4 Å². The lowest BCUT2D eigenvalue weighted by molar-refractivity contribution is -0.120. The largest absolute Gasteiger partial charge is 0.325 e. The van der Waals surface area contributed by atoms with E-state index in [4.69, 9.17) is 5.14 Å². The maximum atomic E-state index is 13.6. The third-order valence-electron chi connectivity index (χ3n) is 3.86. The van der Waals surface area contributed by atoms with Crippen molar-refractivity contribution in [2.45, 2.75) is 11.8 Å². The molecule has 2 rings (SSSR count). The molecule has 0 fully saturated rings. The number of hydrogen-bond donors (Lipinski definition) is 3. The lowest BCUT2D eigenvalue weighted by Gasteiger charge is -2.19. The normalized spacial score (nSPS) is 11.3. The lowest BCUT2D eigenvalue weighted by Crippen LogP contribution is -2.38. The van der Waals surface area contributed by atoms with E-state index in [2.05, 4.69) is 10.6 Å². The summed E-state index contributed by atoms with van der Waals surface area (Å²) in [5.74, 6) is -3.02. The van der Waals surface area contributed by atoms with Gasteiger partial charge >= 0.3 is 0 Å². The van der Waals surface area contributed by atoms with Crippen LogP contribution in [0.1, 0.15) is 6.92 Å². The molecule has 0 aliphatic carbocycles. The summed E-state index contributed by atoms with van der Waals surface area (Å²) in [5.41, 5.74) is -0.340. The first-order valence-electron chi connectivity index (χ1n) is 8.49. The van der Waals surface area contributed by atoms with E-state index in [1.807, 2.05) is 0 Å². The Kier molecular flexibility index (Phi) is 7.37. The minimum atomic E-state index is -3.92. The Morgan fingerprint density at radius 1 is 1.00 bits per heavy atom. The number of nitrogens with two attached hydrogens (primary N) is 1. The second kappa shape index (κ2) is 9.54. The fourth-order valence-corrected chi connectivity index (χ4v) is 2.99. The van der Waals surface area contributed by atoms with Gasteiger partial charge in [0.2, 0.25) is 21.8 Å². The van der Waals surface area contributed by atoms with Crippen LogP contribution in [0.3, 0.4) is 0 Å². The second-order valence-electron chi connectivity index (χ2n) is 6.07. The Balaban J connectivity index is 1.97. The molecule has 0 aliphatic heterocycles. The minimum absolute atomic E-state index is 0.158. The highest BCUT2D eigenvalue weighted by molar-refractivity contribution is 7.89. The Morgan fingerprint density at radius 2 is 1.55 bits per heavy atom. The minimum Gasteiger partial charge on any atom is -0.325 e. The van der Waals surface area contributed by atoms with Gasteiger partial charge in [-0.15, -0.1) is 0 Å². The number of amides is 2. The van der Waals surface area contributed by atoms with Gasteiger partial charge < -0.3 is 10.6 Å². The van der Waals surface area contributed by atoms with Gasteiger partial charge in [0.25, 0.3) is 0 Å². The summed E-state index contributed by atoms with van der Waals surface area (Å²) >= 11 is 0. The molecular formula is C18H20F2N4O4S. The van der Waals surface area contributed by atoms with Gasteiger partial charge in [-0.2, -0.15) is 0 Å². The molecule has 156 valence electrons. The zero-order chi connectivity index (χ0) is 21.6. The third kappa shape index (κ3) is 6.59. The summed E-state index contributed by atoms with van der Waals surface area (Å²) in [4.78, 5) is 25.6. The van der Waals surface area contributed by atoms with E-state index in [9.17, 15) is 26.8 Å². The molecule has 0 saturated heterocycles. The molecule has 0 radical (unpaired) electrons. The maximum Gasteiger partial charge on any atom is 0.238 e. The van der Waals surface area contributed by atoms with Crippen molar-refractivity contribution in [1.29, 1.82) is 0 Å². The number of carbonyl (C=O) groups excluding carboxylic acids is 2. The van der Waals surface area contributed by atoms with Crippen LogP contribution in [-0.4, -0.2) is 44.8 Å². The average molecular weight is 426 g/mol. The number of carbonyl (C=O) groups is 2. The van der Waals surface area contributed by atoms with E-state index in [-0.39, 0.29) is 23.7 Å². The van der Waals surface area contributed by atoms with Crippen molar-refractivity contribution in [1.82, 2.24) is 4.90 Å². The molecule has 2 aromatic rings. The Bertz CT molecular complexity index is 994. The molecule has 0 heterocycles. The number of likely N-dealkylation sites (N-methyl/N-ethyl adjacent to an activating group) is 1. The van der Waals surface area contributed by atoms with Crippen LogP contribution >= 0.6 is 0 Å². The van der Waals surface area contributed by atoms with Crippen molar-refractivity contribution in [2.24, 2.45) is 5.14 Å². The molecular weight excluding hydrogens is 406 g/mol. The number of anilines is 2. The summed E-state index contributed by atoms with van der Waals surface area (Å²) in [6.07, 6.45) is 0. The fraction of sp³-hybridized carbons (Fsp3) is 0.222. The molecule has 2 amide bonds. The van der Waals surface area contributed by atoms with Gasteiger partial charge in [0.1, 0.15) is 17.3 Å². The Hall–Kier alpha value is -2.89. The Morgan fingerprint density at radius 3 is 2.10 bits per heavy atom. The zero-order valence-corrected chi connectivity index (χ0v) is 16.3. The number of halogens is 2. The quantitative estimate of drug-likeness (QED) is 0.591. The molecule has 2 aromatic carbocycles. The van der Waals surface area contributed by atoms with Crippen molar-refractivity contribution in [3.63, 3.8) is 0 Å². The molecule has 0 aromatic heterocycles. The van der Waals surface area contributed by atoms with Crippen LogP contribution < -0.4 is 15.8 Å². The van der Waals surface area contributed by atoms with Crippen molar-refractivity contribution < 1.29 is 26.8 Å². The van der Waals surface area contributed by atoms with Gasteiger partial charge in [-0.25, -0.2) is 22.3 Å². The number of primary sulfonamides is 1. The van der Waals surface area contributed by atoms with Gasteiger partial charge in [-0.3, -0.25) is 14.5 Å². The highest BCUT2D eigenvalue weighted by Gasteiger charge is 2.17. The van der Waals surface area contributed by atoms with E-state index in [1.165, 1.54) is 35.2 Å². The van der Waals surface area contributed by atoms with Crippen LogP contribution in [0.4, 0.5) is 20.2 Å². The van der Waals surface area contributed by atoms with Gasteiger partial charge in [0.15, 0.2) is 0 Å². The fourth-order valence-electron chi connectivity index (χ4n) is 2.43. The third-order valence-corrected chi connectivity index (χ3v) is 4.77. The summed E-state index contributed by atoms with van der Waals surface area (Å²) < 4.78 is 50.0. The number of nitrogens with zero attached hydrogens (tertiary/aromatic N) is 1. The van der Waals surface area contributed by atoms with Crippen molar-refractivity contribution >= 4 is 33.2 Å². The SMILES string of the molecule is CCN(CC(=O)Nc1cccc(S(N)(=O)=O)c1)CC(=O)Nc1c(F)cccc1F. The number of hydrogen-bond acceptors (Lipinski definition) is 5. The predicted molar refractivity (Wildman–Crippen MR) is 104 cm³/mol. The van der Waals surface area contributed by atoms with Crippen LogP contribution in [0.25, 0.3) is 0 Å². The monoisotopic (exact) mass is 426 g/mol. The molecule has 4 N–H and O–H groups in total. The van der Waals surface area contributed by atoms with E-state index in [0.29, 0.717) is 6.54 Å². The van der Waals surface area contributed by atoms with Crippen LogP contribution in [-0.2, 0) is 19.6 Å². The highest BCUT2D eigenvalue weighted by atomic mass is 32.2. The number of rotatable bonds is 8. The second-order valence-corrected chi connectivity index (χ2v) is 7.63. The maximum absolute atomic E-state index is 13.6. The molecule has 0 atom stereocenters. The smallest absolute Gasteiger partial charge is 0.238 e. The summed E-state index contributed by atoms with van der Waals surface area (Å²) in [6.45, 7) is 1.52. The molecule has 0 bridgehead atoms. The average Bonchev–Trinajstić information content (AvgIpc) is 2.63. The molecule has 0 unspecified atom stereocenters. The number of nitrogens with one attached hydrogen (secondary N) is 2. The molecule has 8 nitrogen and oxygen atoms in total. The zero-order valence-electron chi connectivity index (χ0n) is 15.5. The number of para-hydroxylation sites is 1. The van der Waals surface area contributed by atoms with Crippen molar-refractivity contribution in [3.8, 4) is 0 Å². The van der Waals surface area contributed by atoms with Crippen molar-refractivity contribution in [3.05, 3.63) is 54.1 Å². The summed E-state index contributed by atoms with van der Waals surface area (Å²) in [6, 6.07) is 8.60. The molecule has 0 spiro atoms. The molecule has 11 heteroatoms. The lowest BCUT2D eigenvalue weighted by atomic mass is 10.3. The van der Waals surface area contributed by atoms with Gasteiger partial charge in [-0.1, -0.05) is 19.1 Å². The summed E-state index contributed by atoms with van der Waals surface area (Å²) in [7, 11) is -3.92. The molecule has 29 heavy (non-hydrogen) atoms. The number of sulfonamides is 1. The predicted octanol–water partition coefficient (Wildman–Crippen LogP) is 1.51. The highest BCUT2D eigenvalue weighted by Crippen LogP contribution is 2.18. The summed E-state index contributed by atoms with van der Waals surface area (Å²) in [5, 5.41) is 9.71. The Labute approximate surface area is 166 Å². The molecule has 0 aliphatic rings. The topological polar surface area (TPSA) is 122 Å². The van der Waals surface area contributed by atoms with E-state index < -0.39 is 39.2 Å². The van der Waals surface area contributed by atoms with E-state index in [0.717, 1.165) is 12.1 Å². The molecule has 0 saturated carbocycles. The first-order valence-corrected chi connectivity index (χ1v) is 10.0. The standard InChI is InChI=1S/C18H20F2N4O4S/c1-2-24(11-17(26)23-18-14(19)7-4-8-15(18)20)10-16(25)22-12-5-3-6-13(9-12)29(21,27)28/h3-9H,2,10-11H2,1H3,(H,22,25)(H,23,26)(H2,21,27,28). The first kappa shape index (κ1) is 22.4. The van der Waals surface area contributed by atoms with Crippen LogP contribution in [0.5, 0.6) is 0 Å². The van der Waals surface area contributed by atoms with Crippen LogP contribution in [0.2, 0.25) is 0 Å². The van der Waals surface area contributed by atoms with Gasteiger partial charge in [0, 0.05) is 5.69 Å². The van der Waals surface area contributed by atoms with E-state index >= 15 is 0 Å². The van der Waals surface area contributed by atoms with Gasteiger partial charge in [0.05, 0.1) is 18.0 Å². The van der Waals surface area contributed by atoms with Gasteiger partial charge in [-0.05, 0) is 36.9 Å². The first-order chi connectivity index (χ1) is 13.6.